The molecule has 1 aliphatic heterocycles. The molecule has 158 valence electrons. The summed E-state index contributed by atoms with van der Waals surface area (Å²) >= 11 is 0. The highest BCUT2D eigenvalue weighted by Crippen LogP contribution is 2.27. The maximum absolute atomic E-state index is 6.24. The van der Waals surface area contributed by atoms with E-state index in [0.29, 0.717) is 12.5 Å². The number of piperidine rings is 1. The lowest BCUT2D eigenvalue weighted by Gasteiger charge is -2.33. The molecule has 0 radical (unpaired) electrons. The largest absolute Gasteiger partial charge is 0.490 e. The smallest absolute Gasteiger partial charge is 0.232 e. The lowest BCUT2D eigenvalue weighted by Crippen LogP contribution is -2.39. The second-order valence-electron chi connectivity index (χ2n) is 7.31. The van der Waals surface area contributed by atoms with E-state index in [0.717, 1.165) is 54.7 Å². The summed E-state index contributed by atoms with van der Waals surface area (Å²) in [5, 5.41) is 8.81. The molecule has 1 aromatic carbocycles. The number of aromatic nitrogens is 4. The molecule has 3 aromatic rings. The second kappa shape index (κ2) is 9.13. The first-order chi connectivity index (χ1) is 14.7. The van der Waals surface area contributed by atoms with Gasteiger partial charge in [0.2, 0.25) is 11.8 Å². The van der Waals surface area contributed by atoms with Crippen LogP contribution in [-0.2, 0) is 11.3 Å². The maximum Gasteiger partial charge on any atom is 0.232 e. The van der Waals surface area contributed by atoms with Crippen LogP contribution in [0.25, 0.3) is 5.69 Å². The number of aryl methyl sites for hydroxylation is 1. The summed E-state index contributed by atoms with van der Waals surface area (Å²) < 4.78 is 18.7. The van der Waals surface area contributed by atoms with Crippen LogP contribution in [0, 0.1) is 6.92 Å². The minimum absolute atomic E-state index is 0.194. The van der Waals surface area contributed by atoms with Crippen LogP contribution in [-0.4, -0.2) is 53.2 Å². The Kier molecular flexibility index (Phi) is 6.13. The molecule has 1 saturated heterocycles. The average Bonchev–Trinajstić information content (AvgIpc) is 3.20. The number of rotatable bonds is 7. The summed E-state index contributed by atoms with van der Waals surface area (Å²) in [5.41, 5.74) is 2.04. The van der Waals surface area contributed by atoms with Crippen molar-refractivity contribution in [3.8, 4) is 17.3 Å². The highest BCUT2D eigenvalue weighted by atomic mass is 16.5. The van der Waals surface area contributed by atoms with E-state index in [1.807, 2.05) is 34.9 Å². The molecule has 2 aromatic heterocycles. The summed E-state index contributed by atoms with van der Waals surface area (Å²) in [6.07, 6.45) is 3.79. The molecule has 0 saturated carbocycles. The Morgan fingerprint density at radius 2 is 1.83 bits per heavy atom. The fourth-order valence-corrected chi connectivity index (χ4v) is 3.67. The SMILES string of the molecule is COCc1nnc(N2CCC(Oc3ccccc3C)CC2)n1-c1ccc(OC)nc1. The number of hydrogen-bond donors (Lipinski definition) is 0. The molecule has 0 aliphatic carbocycles. The van der Waals surface area contributed by atoms with E-state index in [4.69, 9.17) is 14.2 Å². The summed E-state index contributed by atoms with van der Waals surface area (Å²) in [6.45, 7) is 4.12. The van der Waals surface area contributed by atoms with Crippen LogP contribution in [0.5, 0.6) is 11.6 Å². The van der Waals surface area contributed by atoms with Crippen LogP contribution < -0.4 is 14.4 Å². The van der Waals surface area contributed by atoms with Crippen LogP contribution in [0.1, 0.15) is 24.2 Å². The third-order valence-electron chi connectivity index (χ3n) is 5.29. The van der Waals surface area contributed by atoms with Crippen molar-refractivity contribution in [2.45, 2.75) is 32.5 Å². The third-order valence-corrected chi connectivity index (χ3v) is 5.29. The summed E-state index contributed by atoms with van der Waals surface area (Å²) in [6, 6.07) is 11.9. The van der Waals surface area contributed by atoms with Gasteiger partial charge in [0.1, 0.15) is 18.5 Å². The number of ether oxygens (including phenoxy) is 3. The van der Waals surface area contributed by atoms with Crippen LogP contribution >= 0.6 is 0 Å². The van der Waals surface area contributed by atoms with Crippen LogP contribution in [0.2, 0.25) is 0 Å². The molecule has 8 nitrogen and oxygen atoms in total. The van der Waals surface area contributed by atoms with Crippen molar-refractivity contribution in [3.05, 3.63) is 54.0 Å². The van der Waals surface area contributed by atoms with Gasteiger partial charge in [-0.3, -0.25) is 4.57 Å². The van der Waals surface area contributed by atoms with Gasteiger partial charge in [-0.15, -0.1) is 10.2 Å². The number of anilines is 1. The van der Waals surface area contributed by atoms with E-state index in [1.165, 1.54) is 0 Å². The molecule has 0 N–H and O–H groups in total. The molecule has 8 heteroatoms. The number of pyridine rings is 1. The van der Waals surface area contributed by atoms with Crippen LogP contribution in [0.15, 0.2) is 42.6 Å². The molecule has 1 aliphatic rings. The van der Waals surface area contributed by atoms with Crippen molar-refractivity contribution >= 4 is 5.95 Å². The lowest BCUT2D eigenvalue weighted by atomic mass is 10.1. The van der Waals surface area contributed by atoms with E-state index >= 15 is 0 Å². The van der Waals surface area contributed by atoms with E-state index in [-0.39, 0.29) is 6.10 Å². The molecule has 30 heavy (non-hydrogen) atoms. The number of nitrogens with zero attached hydrogens (tertiary/aromatic N) is 5. The Labute approximate surface area is 176 Å². The summed E-state index contributed by atoms with van der Waals surface area (Å²) in [7, 11) is 3.26. The maximum atomic E-state index is 6.24. The standard InChI is InChI=1S/C22H27N5O3/c1-16-6-4-5-7-19(16)30-18-10-12-26(13-11-18)22-25-24-20(15-28-2)27(22)17-8-9-21(29-3)23-14-17/h4-9,14,18H,10-13,15H2,1-3H3. The fraction of sp³-hybridized carbons (Fsp3) is 0.409. The summed E-state index contributed by atoms with van der Waals surface area (Å²) in [4.78, 5) is 6.57. The van der Waals surface area contributed by atoms with Gasteiger partial charge in [0.05, 0.1) is 19.0 Å². The van der Waals surface area contributed by atoms with Crippen LogP contribution in [0.4, 0.5) is 5.95 Å². The zero-order valence-electron chi connectivity index (χ0n) is 17.6. The van der Waals surface area contributed by atoms with Crippen molar-refractivity contribution in [2.75, 3.05) is 32.2 Å². The van der Waals surface area contributed by atoms with Crippen molar-refractivity contribution < 1.29 is 14.2 Å². The Balaban J connectivity index is 1.51. The first-order valence-corrected chi connectivity index (χ1v) is 10.1. The highest BCUT2D eigenvalue weighted by Gasteiger charge is 2.26. The van der Waals surface area contributed by atoms with E-state index in [9.17, 15) is 0 Å². The molecule has 0 bridgehead atoms. The van der Waals surface area contributed by atoms with Gasteiger partial charge in [-0.2, -0.15) is 0 Å². The topological polar surface area (TPSA) is 74.5 Å². The zero-order chi connectivity index (χ0) is 20.9. The predicted octanol–water partition coefficient (Wildman–Crippen LogP) is 3.17. The molecule has 0 unspecified atom stereocenters. The number of hydrogen-bond acceptors (Lipinski definition) is 7. The quantitative estimate of drug-likeness (QED) is 0.593. The Bertz CT molecular complexity index is 965. The van der Waals surface area contributed by atoms with Crippen LogP contribution in [0.3, 0.4) is 0 Å². The molecular formula is C22H27N5O3. The van der Waals surface area contributed by atoms with Gasteiger partial charge in [-0.05, 0) is 24.6 Å². The number of methoxy groups -OCH3 is 2. The highest BCUT2D eigenvalue weighted by molar-refractivity contribution is 5.44. The van der Waals surface area contributed by atoms with Gasteiger partial charge in [0.25, 0.3) is 0 Å². The Morgan fingerprint density at radius 1 is 1.03 bits per heavy atom. The normalized spacial score (nSPS) is 14.7. The average molecular weight is 409 g/mol. The van der Waals surface area contributed by atoms with Gasteiger partial charge in [-0.1, -0.05) is 18.2 Å². The van der Waals surface area contributed by atoms with Crippen molar-refractivity contribution in [3.63, 3.8) is 0 Å². The molecule has 1 fully saturated rings. The van der Waals surface area contributed by atoms with Gasteiger partial charge >= 0.3 is 0 Å². The minimum Gasteiger partial charge on any atom is -0.490 e. The second-order valence-corrected chi connectivity index (χ2v) is 7.31. The van der Waals surface area contributed by atoms with Crippen molar-refractivity contribution in [1.29, 1.82) is 0 Å². The minimum atomic E-state index is 0.194. The third kappa shape index (κ3) is 4.23. The lowest BCUT2D eigenvalue weighted by molar-refractivity contribution is 0.169. The first-order valence-electron chi connectivity index (χ1n) is 10.1. The van der Waals surface area contributed by atoms with E-state index in [1.54, 1.807) is 20.4 Å². The molecule has 3 heterocycles. The fourth-order valence-electron chi connectivity index (χ4n) is 3.67. The molecule has 0 amide bonds. The predicted molar refractivity (Wildman–Crippen MR) is 113 cm³/mol. The Morgan fingerprint density at radius 3 is 2.50 bits per heavy atom. The van der Waals surface area contributed by atoms with Gasteiger partial charge in [-0.25, -0.2) is 4.98 Å². The molecule has 0 atom stereocenters. The van der Waals surface area contributed by atoms with Gasteiger partial charge < -0.3 is 19.1 Å². The molecular weight excluding hydrogens is 382 g/mol. The molecule has 0 spiro atoms. The van der Waals surface area contributed by atoms with Crippen molar-refractivity contribution in [1.82, 2.24) is 19.7 Å². The van der Waals surface area contributed by atoms with Gasteiger partial charge in [0.15, 0.2) is 5.82 Å². The Hall–Kier alpha value is -3.13. The first kappa shape index (κ1) is 20.2. The van der Waals surface area contributed by atoms with Crippen molar-refractivity contribution in [2.24, 2.45) is 0 Å². The zero-order valence-corrected chi connectivity index (χ0v) is 17.6. The van der Waals surface area contributed by atoms with E-state index in [2.05, 4.69) is 33.1 Å². The monoisotopic (exact) mass is 409 g/mol. The molecule has 4 rings (SSSR count). The van der Waals surface area contributed by atoms with Gasteiger partial charge in [0, 0.05) is 39.1 Å². The number of benzene rings is 1. The van der Waals surface area contributed by atoms with E-state index < -0.39 is 0 Å². The summed E-state index contributed by atoms with van der Waals surface area (Å²) in [5.74, 6) is 3.06. The number of para-hydroxylation sites is 1.